The second kappa shape index (κ2) is 6.10. The van der Waals surface area contributed by atoms with Crippen molar-refractivity contribution in [3.05, 3.63) is 53.6 Å². The number of fused-ring (bicyclic) bond motifs is 1. The molecule has 0 saturated carbocycles. The highest BCUT2D eigenvalue weighted by Crippen LogP contribution is 2.30. The van der Waals surface area contributed by atoms with Gasteiger partial charge in [-0.25, -0.2) is 0 Å². The van der Waals surface area contributed by atoms with Crippen LogP contribution in [0.15, 0.2) is 42.5 Å². The van der Waals surface area contributed by atoms with E-state index in [2.05, 4.69) is 23.5 Å². The molecule has 3 rings (SSSR count). The van der Waals surface area contributed by atoms with E-state index in [-0.39, 0.29) is 5.91 Å². The van der Waals surface area contributed by atoms with Gasteiger partial charge in [0.25, 0.3) is 0 Å². The van der Waals surface area contributed by atoms with Gasteiger partial charge in [-0.2, -0.15) is 0 Å². The summed E-state index contributed by atoms with van der Waals surface area (Å²) in [6.07, 6.45) is 0.924. The van der Waals surface area contributed by atoms with Gasteiger partial charge in [0.1, 0.15) is 5.75 Å². The number of hydrogen-bond acceptors (Lipinski definition) is 3. The molecule has 2 aromatic rings. The zero-order valence-corrected chi connectivity index (χ0v) is 12.9. The number of anilines is 2. The molecule has 22 heavy (non-hydrogen) atoms. The lowest BCUT2D eigenvalue weighted by molar-refractivity contribution is -0.116. The zero-order valence-electron chi connectivity index (χ0n) is 12.9. The topological polar surface area (TPSA) is 41.6 Å². The largest absolute Gasteiger partial charge is 0.497 e. The molecular formula is C18H20N2O2. The summed E-state index contributed by atoms with van der Waals surface area (Å²) in [6.45, 7) is 3.16. The Morgan fingerprint density at radius 2 is 2.00 bits per heavy atom. The van der Waals surface area contributed by atoms with Crippen LogP contribution in [0, 0.1) is 0 Å². The van der Waals surface area contributed by atoms with Crippen LogP contribution in [0.25, 0.3) is 0 Å². The average molecular weight is 296 g/mol. The molecule has 0 atom stereocenters. The van der Waals surface area contributed by atoms with Crippen LogP contribution in [-0.2, 0) is 17.8 Å². The van der Waals surface area contributed by atoms with E-state index >= 15 is 0 Å². The first-order chi connectivity index (χ1) is 10.7. The third-order valence-electron chi connectivity index (χ3n) is 4.01. The Hall–Kier alpha value is -2.49. The Balaban J connectivity index is 1.67. The highest BCUT2D eigenvalue weighted by molar-refractivity contribution is 5.94. The minimum absolute atomic E-state index is 0.109. The second-order valence-corrected chi connectivity index (χ2v) is 5.47. The van der Waals surface area contributed by atoms with Crippen LogP contribution >= 0.6 is 0 Å². The molecule has 0 fully saturated rings. The molecule has 0 aromatic heterocycles. The number of hydrogen-bond donors (Lipinski definition) is 1. The van der Waals surface area contributed by atoms with Crippen LogP contribution < -0.4 is 15.0 Å². The zero-order chi connectivity index (χ0) is 15.5. The van der Waals surface area contributed by atoms with Crippen molar-refractivity contribution in [1.82, 2.24) is 0 Å². The predicted octanol–water partition coefficient (Wildman–Crippen LogP) is 3.22. The SMILES string of the molecule is COc1ccc(CNc2ccc3c(c2)CCN3C(C)=O)cc1. The van der Waals surface area contributed by atoms with E-state index in [9.17, 15) is 4.79 Å². The smallest absolute Gasteiger partial charge is 0.223 e. The van der Waals surface area contributed by atoms with Crippen LogP contribution in [0.5, 0.6) is 5.75 Å². The van der Waals surface area contributed by atoms with E-state index in [4.69, 9.17) is 4.74 Å². The lowest BCUT2D eigenvalue weighted by Crippen LogP contribution is -2.25. The van der Waals surface area contributed by atoms with Crippen molar-refractivity contribution in [3.63, 3.8) is 0 Å². The normalized spacial score (nSPS) is 12.9. The third-order valence-corrected chi connectivity index (χ3v) is 4.01. The van der Waals surface area contributed by atoms with Gasteiger partial charge < -0.3 is 15.0 Å². The number of methoxy groups -OCH3 is 1. The van der Waals surface area contributed by atoms with E-state index < -0.39 is 0 Å². The molecule has 1 aliphatic heterocycles. The molecule has 114 valence electrons. The summed E-state index contributed by atoms with van der Waals surface area (Å²) in [5.74, 6) is 0.975. The van der Waals surface area contributed by atoms with Gasteiger partial charge in [0, 0.05) is 31.4 Å². The molecule has 0 aliphatic carbocycles. The standard InChI is InChI=1S/C18H20N2O2/c1-13(21)20-10-9-15-11-16(5-8-18(15)20)19-12-14-3-6-17(22-2)7-4-14/h3-8,11,19H,9-10,12H2,1-2H3. The summed E-state index contributed by atoms with van der Waals surface area (Å²) >= 11 is 0. The fourth-order valence-electron chi connectivity index (χ4n) is 2.79. The highest BCUT2D eigenvalue weighted by atomic mass is 16.5. The van der Waals surface area contributed by atoms with Gasteiger partial charge in [-0.05, 0) is 47.9 Å². The van der Waals surface area contributed by atoms with Gasteiger partial charge in [-0.1, -0.05) is 12.1 Å². The summed E-state index contributed by atoms with van der Waals surface area (Å²) in [6, 6.07) is 14.2. The fourth-order valence-corrected chi connectivity index (χ4v) is 2.79. The van der Waals surface area contributed by atoms with Crippen molar-refractivity contribution < 1.29 is 9.53 Å². The van der Waals surface area contributed by atoms with Crippen LogP contribution in [-0.4, -0.2) is 19.6 Å². The minimum atomic E-state index is 0.109. The predicted molar refractivity (Wildman–Crippen MR) is 88.5 cm³/mol. The van der Waals surface area contributed by atoms with Gasteiger partial charge in [0.15, 0.2) is 0 Å². The van der Waals surface area contributed by atoms with Gasteiger partial charge in [-0.15, -0.1) is 0 Å². The molecule has 0 bridgehead atoms. The van der Waals surface area contributed by atoms with Crippen molar-refractivity contribution in [3.8, 4) is 5.75 Å². The number of amides is 1. The lowest BCUT2D eigenvalue weighted by Gasteiger charge is -2.15. The fraction of sp³-hybridized carbons (Fsp3) is 0.278. The van der Waals surface area contributed by atoms with Crippen LogP contribution in [0.1, 0.15) is 18.1 Å². The van der Waals surface area contributed by atoms with E-state index in [1.54, 1.807) is 14.0 Å². The summed E-state index contributed by atoms with van der Waals surface area (Å²) in [7, 11) is 1.67. The van der Waals surface area contributed by atoms with Crippen LogP contribution in [0.3, 0.4) is 0 Å². The molecule has 1 N–H and O–H groups in total. The molecule has 4 heteroatoms. The number of benzene rings is 2. The van der Waals surface area contributed by atoms with E-state index in [0.717, 1.165) is 36.6 Å². The first kappa shape index (κ1) is 14.4. The first-order valence-corrected chi connectivity index (χ1v) is 7.45. The Morgan fingerprint density at radius 3 is 2.68 bits per heavy atom. The van der Waals surface area contributed by atoms with Gasteiger partial charge >= 0.3 is 0 Å². The average Bonchev–Trinajstić information content (AvgIpc) is 2.96. The first-order valence-electron chi connectivity index (χ1n) is 7.45. The summed E-state index contributed by atoms with van der Waals surface area (Å²) < 4.78 is 5.16. The Labute approximate surface area is 130 Å². The molecule has 0 spiro atoms. The van der Waals surface area contributed by atoms with Crippen molar-refractivity contribution in [2.45, 2.75) is 19.9 Å². The van der Waals surface area contributed by atoms with Crippen molar-refractivity contribution in [2.75, 3.05) is 23.9 Å². The van der Waals surface area contributed by atoms with E-state index in [1.807, 2.05) is 29.2 Å². The van der Waals surface area contributed by atoms with Crippen molar-refractivity contribution in [1.29, 1.82) is 0 Å². The molecule has 0 saturated heterocycles. The third kappa shape index (κ3) is 2.91. The van der Waals surface area contributed by atoms with Crippen molar-refractivity contribution in [2.24, 2.45) is 0 Å². The van der Waals surface area contributed by atoms with Crippen molar-refractivity contribution >= 4 is 17.3 Å². The lowest BCUT2D eigenvalue weighted by atomic mass is 10.1. The summed E-state index contributed by atoms with van der Waals surface area (Å²) in [4.78, 5) is 13.4. The molecule has 1 heterocycles. The van der Waals surface area contributed by atoms with E-state index in [1.165, 1.54) is 11.1 Å². The quantitative estimate of drug-likeness (QED) is 0.942. The number of nitrogens with zero attached hydrogens (tertiary/aromatic N) is 1. The second-order valence-electron chi connectivity index (χ2n) is 5.47. The molecule has 1 aliphatic rings. The Bertz CT molecular complexity index is 680. The summed E-state index contributed by atoms with van der Waals surface area (Å²) in [5.41, 5.74) is 4.56. The summed E-state index contributed by atoms with van der Waals surface area (Å²) in [5, 5.41) is 3.43. The Morgan fingerprint density at radius 1 is 1.23 bits per heavy atom. The molecule has 2 aromatic carbocycles. The van der Waals surface area contributed by atoms with E-state index in [0.29, 0.717) is 0 Å². The molecule has 4 nitrogen and oxygen atoms in total. The highest BCUT2D eigenvalue weighted by Gasteiger charge is 2.21. The maximum absolute atomic E-state index is 11.6. The molecule has 0 radical (unpaired) electrons. The maximum atomic E-state index is 11.6. The van der Waals surface area contributed by atoms with Gasteiger partial charge in [0.05, 0.1) is 7.11 Å². The monoisotopic (exact) mass is 296 g/mol. The van der Waals surface area contributed by atoms with Gasteiger partial charge in [0.2, 0.25) is 5.91 Å². The molecule has 1 amide bonds. The number of carbonyl (C=O) groups excluding carboxylic acids is 1. The number of nitrogens with one attached hydrogen (secondary N) is 1. The molecular weight excluding hydrogens is 276 g/mol. The van der Waals surface area contributed by atoms with Gasteiger partial charge in [-0.3, -0.25) is 4.79 Å². The Kier molecular flexibility index (Phi) is 4.00. The number of rotatable bonds is 4. The molecule has 0 unspecified atom stereocenters. The number of carbonyl (C=O) groups is 1. The maximum Gasteiger partial charge on any atom is 0.223 e. The minimum Gasteiger partial charge on any atom is -0.497 e. The van der Waals surface area contributed by atoms with Crippen LogP contribution in [0.2, 0.25) is 0 Å². The number of ether oxygens (including phenoxy) is 1. The van der Waals surface area contributed by atoms with Crippen LogP contribution in [0.4, 0.5) is 11.4 Å².